The van der Waals surface area contributed by atoms with Crippen LogP contribution in [0.5, 0.6) is 0 Å². The smallest absolute Gasteiger partial charge is 0.335 e. The first kappa shape index (κ1) is 11.2. The molecule has 5 nitrogen and oxygen atoms in total. The van der Waals surface area contributed by atoms with Gasteiger partial charge in [-0.25, -0.2) is 9.78 Å². The molecule has 88 valence electrons. The number of nitrogens with zero attached hydrogens (tertiary/aromatic N) is 1. The molecule has 0 radical (unpaired) electrons. The van der Waals surface area contributed by atoms with Gasteiger partial charge in [-0.3, -0.25) is 0 Å². The summed E-state index contributed by atoms with van der Waals surface area (Å²) in [5, 5.41) is 11.9. The highest BCUT2D eigenvalue weighted by atomic mass is 16.4. The molecule has 1 heterocycles. The molecule has 0 amide bonds. The second kappa shape index (κ2) is 4.69. The van der Waals surface area contributed by atoms with Gasteiger partial charge >= 0.3 is 5.97 Å². The summed E-state index contributed by atoms with van der Waals surface area (Å²) >= 11 is 0. The van der Waals surface area contributed by atoms with E-state index in [2.05, 4.69) is 15.3 Å². The van der Waals surface area contributed by atoms with Crippen LogP contribution in [0.4, 0.5) is 5.69 Å². The number of carbonyl (C=O) groups is 1. The van der Waals surface area contributed by atoms with Crippen LogP contribution in [0.1, 0.15) is 21.7 Å². The number of hydrogen-bond donors (Lipinski definition) is 3. The van der Waals surface area contributed by atoms with Gasteiger partial charge in [-0.2, -0.15) is 0 Å². The van der Waals surface area contributed by atoms with E-state index < -0.39 is 5.97 Å². The number of aromatic carboxylic acids is 1. The first-order valence-electron chi connectivity index (χ1n) is 5.23. The van der Waals surface area contributed by atoms with Crippen LogP contribution < -0.4 is 5.32 Å². The molecule has 0 aliphatic rings. The van der Waals surface area contributed by atoms with Gasteiger partial charge in [-0.05, 0) is 31.2 Å². The monoisotopic (exact) mass is 231 g/mol. The van der Waals surface area contributed by atoms with Crippen molar-refractivity contribution in [2.24, 2.45) is 0 Å². The molecule has 17 heavy (non-hydrogen) atoms. The molecule has 2 aromatic rings. The largest absolute Gasteiger partial charge is 0.478 e. The Morgan fingerprint density at radius 1 is 1.41 bits per heavy atom. The van der Waals surface area contributed by atoms with Crippen molar-refractivity contribution in [2.75, 3.05) is 5.32 Å². The fourth-order valence-electron chi connectivity index (χ4n) is 1.48. The Morgan fingerprint density at radius 2 is 2.12 bits per heavy atom. The molecule has 0 saturated carbocycles. The van der Waals surface area contributed by atoms with Gasteiger partial charge in [0.05, 0.1) is 24.1 Å². The van der Waals surface area contributed by atoms with Crippen molar-refractivity contribution < 1.29 is 9.90 Å². The number of hydrogen-bond acceptors (Lipinski definition) is 3. The van der Waals surface area contributed by atoms with Gasteiger partial charge in [0.1, 0.15) is 0 Å². The number of rotatable bonds is 4. The van der Waals surface area contributed by atoms with E-state index in [1.165, 1.54) is 0 Å². The summed E-state index contributed by atoms with van der Waals surface area (Å²) in [6.45, 7) is 2.57. The number of anilines is 1. The zero-order valence-electron chi connectivity index (χ0n) is 9.40. The van der Waals surface area contributed by atoms with Crippen LogP contribution >= 0.6 is 0 Å². The molecule has 0 unspecified atom stereocenters. The minimum atomic E-state index is -0.917. The van der Waals surface area contributed by atoms with Crippen LogP contribution in [0.3, 0.4) is 0 Å². The van der Waals surface area contributed by atoms with E-state index in [1.807, 2.05) is 6.92 Å². The lowest BCUT2D eigenvalue weighted by molar-refractivity contribution is 0.0697. The highest BCUT2D eigenvalue weighted by Crippen LogP contribution is 2.11. The second-order valence-electron chi connectivity index (χ2n) is 3.71. The molecule has 1 aromatic carbocycles. The molecule has 0 atom stereocenters. The number of aromatic nitrogens is 2. The van der Waals surface area contributed by atoms with Gasteiger partial charge in [0.15, 0.2) is 0 Å². The van der Waals surface area contributed by atoms with Crippen molar-refractivity contribution in [3.63, 3.8) is 0 Å². The van der Waals surface area contributed by atoms with E-state index in [0.717, 1.165) is 17.1 Å². The predicted molar refractivity (Wildman–Crippen MR) is 64.1 cm³/mol. The SMILES string of the molecule is Cc1[nH]cnc1CNc1ccc(C(=O)O)cc1. The summed E-state index contributed by atoms with van der Waals surface area (Å²) < 4.78 is 0. The first-order valence-corrected chi connectivity index (χ1v) is 5.23. The first-order chi connectivity index (χ1) is 8.16. The molecule has 0 bridgehead atoms. The van der Waals surface area contributed by atoms with E-state index in [4.69, 9.17) is 5.11 Å². The van der Waals surface area contributed by atoms with Crippen LogP contribution in [0.25, 0.3) is 0 Å². The van der Waals surface area contributed by atoms with Crippen molar-refractivity contribution in [1.29, 1.82) is 0 Å². The Balaban J connectivity index is 2.00. The van der Waals surface area contributed by atoms with Gasteiger partial charge in [0, 0.05) is 11.4 Å². The Morgan fingerprint density at radius 3 is 2.65 bits per heavy atom. The Hall–Kier alpha value is -2.30. The van der Waals surface area contributed by atoms with E-state index in [0.29, 0.717) is 6.54 Å². The lowest BCUT2D eigenvalue weighted by atomic mass is 10.2. The molecule has 3 N–H and O–H groups in total. The van der Waals surface area contributed by atoms with Gasteiger partial charge in [-0.1, -0.05) is 0 Å². The average Bonchev–Trinajstić information content (AvgIpc) is 2.73. The highest BCUT2D eigenvalue weighted by molar-refractivity contribution is 5.87. The minimum absolute atomic E-state index is 0.284. The van der Waals surface area contributed by atoms with Crippen LogP contribution in [0, 0.1) is 6.92 Å². The van der Waals surface area contributed by atoms with Gasteiger partial charge < -0.3 is 15.4 Å². The summed E-state index contributed by atoms with van der Waals surface area (Å²) in [6, 6.07) is 6.63. The molecule has 2 rings (SSSR count). The number of nitrogens with one attached hydrogen (secondary N) is 2. The molecule has 1 aromatic heterocycles. The normalized spacial score (nSPS) is 10.2. The zero-order chi connectivity index (χ0) is 12.3. The third-order valence-corrected chi connectivity index (χ3v) is 2.53. The lowest BCUT2D eigenvalue weighted by Crippen LogP contribution is -2.02. The third kappa shape index (κ3) is 2.63. The molecule has 0 saturated heterocycles. The topological polar surface area (TPSA) is 78.0 Å². The Bertz CT molecular complexity index is 517. The fourth-order valence-corrected chi connectivity index (χ4v) is 1.48. The number of aromatic amines is 1. The highest BCUT2D eigenvalue weighted by Gasteiger charge is 2.03. The van der Waals surface area contributed by atoms with E-state index in [1.54, 1.807) is 30.6 Å². The molecule has 0 fully saturated rings. The van der Waals surface area contributed by atoms with Crippen LogP contribution in [-0.2, 0) is 6.54 Å². The summed E-state index contributed by atoms with van der Waals surface area (Å²) in [4.78, 5) is 17.8. The zero-order valence-corrected chi connectivity index (χ0v) is 9.40. The molecular weight excluding hydrogens is 218 g/mol. The third-order valence-electron chi connectivity index (χ3n) is 2.53. The van der Waals surface area contributed by atoms with Crippen LogP contribution in [0.2, 0.25) is 0 Å². The van der Waals surface area contributed by atoms with Crippen LogP contribution in [0.15, 0.2) is 30.6 Å². The predicted octanol–water partition coefficient (Wildman–Crippen LogP) is 2.03. The second-order valence-corrected chi connectivity index (χ2v) is 3.71. The van der Waals surface area contributed by atoms with Crippen LogP contribution in [-0.4, -0.2) is 21.0 Å². The number of carboxylic acid groups (broad SMARTS) is 1. The standard InChI is InChI=1S/C12H13N3O2/c1-8-11(15-7-14-8)6-13-10-4-2-9(3-5-10)12(16)17/h2-5,7,13H,6H2,1H3,(H,14,15)(H,16,17). The quantitative estimate of drug-likeness (QED) is 0.752. The molecule has 0 aliphatic heterocycles. The van der Waals surface area contributed by atoms with Crippen molar-refractivity contribution in [2.45, 2.75) is 13.5 Å². The maximum atomic E-state index is 10.7. The maximum absolute atomic E-state index is 10.7. The molecular formula is C12H13N3O2. The summed E-state index contributed by atoms with van der Waals surface area (Å²) in [5.74, 6) is -0.917. The Kier molecular flexibility index (Phi) is 3.09. The number of imidazole rings is 1. The fraction of sp³-hybridized carbons (Fsp3) is 0.167. The minimum Gasteiger partial charge on any atom is -0.478 e. The average molecular weight is 231 g/mol. The lowest BCUT2D eigenvalue weighted by Gasteiger charge is -2.05. The number of H-pyrrole nitrogens is 1. The maximum Gasteiger partial charge on any atom is 0.335 e. The number of benzene rings is 1. The van der Waals surface area contributed by atoms with Crippen molar-refractivity contribution in [3.05, 3.63) is 47.5 Å². The van der Waals surface area contributed by atoms with Crippen molar-refractivity contribution in [3.8, 4) is 0 Å². The van der Waals surface area contributed by atoms with Crippen molar-refractivity contribution in [1.82, 2.24) is 9.97 Å². The molecule has 5 heteroatoms. The van der Waals surface area contributed by atoms with E-state index >= 15 is 0 Å². The molecule has 0 spiro atoms. The molecule has 0 aliphatic carbocycles. The summed E-state index contributed by atoms with van der Waals surface area (Å²) in [5.41, 5.74) is 3.14. The Labute approximate surface area is 98.5 Å². The number of carboxylic acids is 1. The van der Waals surface area contributed by atoms with Gasteiger partial charge in [0.25, 0.3) is 0 Å². The van der Waals surface area contributed by atoms with E-state index in [-0.39, 0.29) is 5.56 Å². The number of aryl methyl sites for hydroxylation is 1. The van der Waals surface area contributed by atoms with E-state index in [9.17, 15) is 4.79 Å². The summed E-state index contributed by atoms with van der Waals surface area (Å²) in [6.07, 6.45) is 1.65. The summed E-state index contributed by atoms with van der Waals surface area (Å²) in [7, 11) is 0. The van der Waals surface area contributed by atoms with Gasteiger partial charge in [0.2, 0.25) is 0 Å². The van der Waals surface area contributed by atoms with Gasteiger partial charge in [-0.15, -0.1) is 0 Å². The van der Waals surface area contributed by atoms with Crippen molar-refractivity contribution >= 4 is 11.7 Å².